The number of alkyl halides is 3. The molecule has 0 spiro atoms. The average Bonchev–Trinajstić information content (AvgIpc) is 2.65. The van der Waals surface area contributed by atoms with E-state index in [1.165, 1.54) is 31.5 Å². The number of pyridine rings is 1. The van der Waals surface area contributed by atoms with E-state index in [2.05, 4.69) is 15.0 Å². The second-order valence-corrected chi connectivity index (χ2v) is 5.81. The maximum Gasteiger partial charge on any atom is 0.573 e. The highest BCUT2D eigenvalue weighted by Crippen LogP contribution is 2.29. The number of ether oxygens (including phenoxy) is 2. The maximum atomic E-state index is 12.3. The normalized spacial score (nSPS) is 11.0. The van der Waals surface area contributed by atoms with Crippen molar-refractivity contribution in [3.05, 3.63) is 53.3 Å². The fourth-order valence-corrected chi connectivity index (χ4v) is 2.39. The maximum absolute atomic E-state index is 12.3. The molecule has 0 fully saturated rings. The van der Waals surface area contributed by atoms with Crippen LogP contribution in [-0.2, 0) is 17.8 Å². The summed E-state index contributed by atoms with van der Waals surface area (Å²) < 4.78 is 45.8. The summed E-state index contributed by atoms with van der Waals surface area (Å²) >= 11 is 0. The summed E-state index contributed by atoms with van der Waals surface area (Å²) in [5.41, 5.74) is 1.29. The third kappa shape index (κ3) is 6.26. The SMILES string of the molecule is CCC(=O)Cc1cc(C(=O)NCc2ccc(OC(F)(F)F)cc2OC)ccn1. The van der Waals surface area contributed by atoms with Gasteiger partial charge in [-0.25, -0.2) is 0 Å². The lowest BCUT2D eigenvalue weighted by Gasteiger charge is -2.13. The largest absolute Gasteiger partial charge is 0.573 e. The number of methoxy groups -OCH3 is 1. The van der Waals surface area contributed by atoms with Gasteiger partial charge in [0.2, 0.25) is 0 Å². The van der Waals surface area contributed by atoms with E-state index >= 15 is 0 Å². The highest BCUT2D eigenvalue weighted by atomic mass is 19.4. The second kappa shape index (κ2) is 9.20. The number of nitrogens with zero attached hydrogens (tertiary/aromatic N) is 1. The first-order valence-corrected chi connectivity index (χ1v) is 8.39. The van der Waals surface area contributed by atoms with Crippen LogP contribution in [0.3, 0.4) is 0 Å². The molecule has 28 heavy (non-hydrogen) atoms. The van der Waals surface area contributed by atoms with Gasteiger partial charge in [0.15, 0.2) is 0 Å². The molecule has 0 aliphatic carbocycles. The predicted octanol–water partition coefficient (Wildman–Crippen LogP) is 3.44. The van der Waals surface area contributed by atoms with Gasteiger partial charge in [-0.1, -0.05) is 6.92 Å². The van der Waals surface area contributed by atoms with Gasteiger partial charge in [0.1, 0.15) is 17.3 Å². The molecule has 9 heteroatoms. The summed E-state index contributed by atoms with van der Waals surface area (Å²) in [5.74, 6) is -0.675. The van der Waals surface area contributed by atoms with Gasteiger partial charge in [0.25, 0.3) is 5.91 Å². The van der Waals surface area contributed by atoms with Gasteiger partial charge in [0.05, 0.1) is 7.11 Å². The van der Waals surface area contributed by atoms with Crippen molar-refractivity contribution in [2.24, 2.45) is 0 Å². The number of Topliss-reactive ketones (excluding diaryl/α,β-unsaturated/α-hetero) is 1. The van der Waals surface area contributed by atoms with Crippen LogP contribution in [0, 0.1) is 0 Å². The quantitative estimate of drug-likeness (QED) is 0.740. The van der Waals surface area contributed by atoms with Gasteiger partial charge in [-0.2, -0.15) is 0 Å². The zero-order chi connectivity index (χ0) is 20.7. The van der Waals surface area contributed by atoms with Gasteiger partial charge in [-0.15, -0.1) is 13.2 Å². The first kappa shape index (κ1) is 21.2. The Morgan fingerprint density at radius 2 is 1.93 bits per heavy atom. The van der Waals surface area contributed by atoms with Crippen LogP contribution < -0.4 is 14.8 Å². The minimum atomic E-state index is -4.81. The van der Waals surface area contributed by atoms with E-state index < -0.39 is 18.0 Å². The van der Waals surface area contributed by atoms with Crippen molar-refractivity contribution in [2.45, 2.75) is 32.7 Å². The molecule has 1 aromatic carbocycles. The smallest absolute Gasteiger partial charge is 0.496 e. The Balaban J connectivity index is 2.06. The molecule has 0 atom stereocenters. The standard InChI is InChI=1S/C19H19F3N2O4/c1-3-15(25)9-14-8-12(6-7-23-14)18(26)24-11-13-4-5-16(10-17(13)27-2)28-19(20,21)22/h4-8,10H,3,9,11H2,1-2H3,(H,24,26). The number of amides is 1. The molecule has 0 aliphatic rings. The van der Waals surface area contributed by atoms with Crippen LogP contribution in [0.15, 0.2) is 36.5 Å². The minimum absolute atomic E-state index is 0.0101. The highest BCUT2D eigenvalue weighted by Gasteiger charge is 2.31. The average molecular weight is 396 g/mol. The summed E-state index contributed by atoms with van der Waals surface area (Å²) in [6.45, 7) is 1.77. The van der Waals surface area contributed by atoms with Crippen molar-refractivity contribution in [1.29, 1.82) is 0 Å². The lowest BCUT2D eigenvalue weighted by Crippen LogP contribution is -2.23. The number of carbonyl (C=O) groups is 2. The van der Waals surface area contributed by atoms with E-state index in [0.717, 1.165) is 12.1 Å². The summed E-state index contributed by atoms with van der Waals surface area (Å²) in [7, 11) is 1.30. The van der Waals surface area contributed by atoms with Crippen LogP contribution >= 0.6 is 0 Å². The molecule has 6 nitrogen and oxygen atoms in total. The van der Waals surface area contributed by atoms with Crippen LogP contribution in [0.1, 0.15) is 35.0 Å². The molecule has 150 valence electrons. The molecule has 1 amide bonds. The number of halogens is 3. The zero-order valence-corrected chi connectivity index (χ0v) is 15.3. The van der Waals surface area contributed by atoms with E-state index in [1.54, 1.807) is 6.92 Å². The van der Waals surface area contributed by atoms with Crippen molar-refractivity contribution in [3.8, 4) is 11.5 Å². The molecule has 2 rings (SSSR count). The number of aromatic nitrogens is 1. The van der Waals surface area contributed by atoms with Crippen molar-refractivity contribution < 1.29 is 32.2 Å². The van der Waals surface area contributed by atoms with Crippen LogP contribution in [0.4, 0.5) is 13.2 Å². The molecule has 0 saturated heterocycles. The summed E-state index contributed by atoms with van der Waals surface area (Å²) in [4.78, 5) is 27.9. The Kier molecular flexibility index (Phi) is 6.97. The van der Waals surface area contributed by atoms with Gasteiger partial charge < -0.3 is 14.8 Å². The molecular formula is C19H19F3N2O4. The molecule has 1 heterocycles. The molecular weight excluding hydrogens is 377 g/mol. The van der Waals surface area contributed by atoms with Crippen molar-refractivity contribution >= 4 is 11.7 Å². The molecule has 1 aromatic heterocycles. The minimum Gasteiger partial charge on any atom is -0.496 e. The Bertz CT molecular complexity index is 853. The summed E-state index contributed by atoms with van der Waals surface area (Å²) in [6, 6.07) is 6.64. The molecule has 2 aromatic rings. The number of carbonyl (C=O) groups excluding carboxylic acids is 2. The molecule has 0 unspecified atom stereocenters. The lowest BCUT2D eigenvalue weighted by molar-refractivity contribution is -0.274. The van der Waals surface area contributed by atoms with Crippen LogP contribution in [0.2, 0.25) is 0 Å². The fraction of sp³-hybridized carbons (Fsp3) is 0.316. The van der Waals surface area contributed by atoms with Crippen LogP contribution in [0.5, 0.6) is 11.5 Å². The Morgan fingerprint density at radius 3 is 2.57 bits per heavy atom. The van der Waals surface area contributed by atoms with Crippen molar-refractivity contribution in [1.82, 2.24) is 10.3 Å². The van der Waals surface area contributed by atoms with E-state index in [4.69, 9.17) is 4.74 Å². The predicted molar refractivity (Wildman–Crippen MR) is 94.1 cm³/mol. The van der Waals surface area contributed by atoms with Crippen molar-refractivity contribution in [2.75, 3.05) is 7.11 Å². The number of hydrogen-bond donors (Lipinski definition) is 1. The molecule has 1 N–H and O–H groups in total. The molecule has 0 saturated carbocycles. The van der Waals surface area contributed by atoms with E-state index in [-0.39, 0.29) is 24.5 Å². The fourth-order valence-electron chi connectivity index (χ4n) is 2.39. The summed E-state index contributed by atoms with van der Waals surface area (Å²) in [6.07, 6.45) is -2.84. The lowest BCUT2D eigenvalue weighted by atomic mass is 10.1. The van der Waals surface area contributed by atoms with Crippen LogP contribution in [0.25, 0.3) is 0 Å². The first-order chi connectivity index (χ1) is 13.2. The monoisotopic (exact) mass is 396 g/mol. The number of rotatable bonds is 8. The zero-order valence-electron chi connectivity index (χ0n) is 15.3. The Labute approximate surface area is 159 Å². The number of ketones is 1. The van der Waals surface area contributed by atoms with Gasteiger partial charge in [-0.05, 0) is 24.3 Å². The molecule has 0 bridgehead atoms. The highest BCUT2D eigenvalue weighted by molar-refractivity contribution is 5.94. The second-order valence-electron chi connectivity index (χ2n) is 5.81. The third-order valence-corrected chi connectivity index (χ3v) is 3.78. The van der Waals surface area contributed by atoms with Crippen LogP contribution in [-0.4, -0.2) is 30.1 Å². The first-order valence-electron chi connectivity index (χ1n) is 8.39. The Morgan fingerprint density at radius 1 is 1.18 bits per heavy atom. The summed E-state index contributed by atoms with van der Waals surface area (Å²) in [5, 5.41) is 2.66. The van der Waals surface area contributed by atoms with Gasteiger partial charge in [0, 0.05) is 48.5 Å². The van der Waals surface area contributed by atoms with Crippen molar-refractivity contribution in [3.63, 3.8) is 0 Å². The number of benzene rings is 1. The number of hydrogen-bond acceptors (Lipinski definition) is 5. The molecule has 0 radical (unpaired) electrons. The van der Waals surface area contributed by atoms with Gasteiger partial charge in [-0.3, -0.25) is 14.6 Å². The van der Waals surface area contributed by atoms with E-state index in [1.807, 2.05) is 0 Å². The third-order valence-electron chi connectivity index (χ3n) is 3.78. The molecule has 0 aliphatic heterocycles. The Hall–Kier alpha value is -3.10. The topological polar surface area (TPSA) is 77.5 Å². The van der Waals surface area contributed by atoms with Gasteiger partial charge >= 0.3 is 6.36 Å². The number of nitrogens with one attached hydrogen (secondary N) is 1. The van der Waals surface area contributed by atoms with E-state index in [9.17, 15) is 22.8 Å². The van der Waals surface area contributed by atoms with E-state index in [0.29, 0.717) is 23.2 Å².